The summed E-state index contributed by atoms with van der Waals surface area (Å²) in [4.78, 5) is 11.4. The Balaban J connectivity index is 2.66. The van der Waals surface area contributed by atoms with Crippen LogP contribution in [0.3, 0.4) is 0 Å². The Morgan fingerprint density at radius 1 is 1.19 bits per heavy atom. The lowest BCUT2D eigenvalue weighted by molar-refractivity contribution is -0.138. The fraction of sp³-hybridized carbons (Fsp3) is 0.417. The van der Waals surface area contributed by atoms with Crippen molar-refractivity contribution in [2.24, 2.45) is 0 Å². The van der Waals surface area contributed by atoms with Crippen LogP contribution in [0, 0.1) is 0 Å². The highest BCUT2D eigenvalue weighted by Crippen LogP contribution is 2.30. The number of halogens is 6. The Kier molecular flexibility index (Phi) is 5.08. The standard InChI is InChI=1S/C12H12F6N2O/c1-7(10(21)19-6-11(13,14)15)20-9-4-2-3-8(5-9)12(16,17)18/h2-5,7,20H,6H2,1H3,(H,19,21). The second-order valence-corrected chi connectivity index (χ2v) is 4.28. The van der Waals surface area contributed by atoms with E-state index in [-0.39, 0.29) is 5.69 Å². The normalized spacial score (nSPS) is 13.7. The van der Waals surface area contributed by atoms with Crippen LogP contribution in [0.5, 0.6) is 0 Å². The van der Waals surface area contributed by atoms with E-state index in [9.17, 15) is 31.1 Å². The molecule has 118 valence electrons. The summed E-state index contributed by atoms with van der Waals surface area (Å²) in [6, 6.07) is 2.91. The van der Waals surface area contributed by atoms with Crippen molar-refractivity contribution in [3.63, 3.8) is 0 Å². The van der Waals surface area contributed by atoms with Gasteiger partial charge in [-0.05, 0) is 25.1 Å². The van der Waals surface area contributed by atoms with E-state index >= 15 is 0 Å². The van der Waals surface area contributed by atoms with E-state index in [2.05, 4.69) is 5.32 Å². The largest absolute Gasteiger partial charge is 0.416 e. The first-order chi connectivity index (χ1) is 9.49. The number of carbonyl (C=O) groups is 1. The molecule has 21 heavy (non-hydrogen) atoms. The quantitative estimate of drug-likeness (QED) is 0.838. The predicted molar refractivity (Wildman–Crippen MR) is 63.6 cm³/mol. The molecule has 0 aliphatic carbocycles. The molecule has 0 aliphatic heterocycles. The molecule has 0 bridgehead atoms. The van der Waals surface area contributed by atoms with Gasteiger partial charge in [0.25, 0.3) is 0 Å². The van der Waals surface area contributed by atoms with Crippen molar-refractivity contribution in [2.45, 2.75) is 25.3 Å². The summed E-state index contributed by atoms with van der Waals surface area (Å²) in [5.74, 6) is -0.968. The zero-order valence-corrected chi connectivity index (χ0v) is 10.8. The van der Waals surface area contributed by atoms with Crippen LogP contribution in [-0.4, -0.2) is 24.7 Å². The molecule has 0 heterocycles. The number of hydrogen-bond acceptors (Lipinski definition) is 2. The molecule has 0 radical (unpaired) electrons. The molecule has 0 fully saturated rings. The summed E-state index contributed by atoms with van der Waals surface area (Å²) in [5.41, 5.74) is -0.935. The Labute approximate surface area is 116 Å². The third-order valence-electron chi connectivity index (χ3n) is 2.43. The Morgan fingerprint density at radius 3 is 2.33 bits per heavy atom. The van der Waals surface area contributed by atoms with Gasteiger partial charge in [-0.15, -0.1) is 0 Å². The van der Waals surface area contributed by atoms with E-state index in [0.29, 0.717) is 0 Å². The van der Waals surface area contributed by atoms with Crippen LogP contribution < -0.4 is 10.6 Å². The highest BCUT2D eigenvalue weighted by Gasteiger charge is 2.31. The molecule has 0 saturated carbocycles. The van der Waals surface area contributed by atoms with Crippen LogP contribution in [0.15, 0.2) is 24.3 Å². The fourth-order valence-electron chi connectivity index (χ4n) is 1.44. The van der Waals surface area contributed by atoms with Gasteiger partial charge in [-0.3, -0.25) is 4.79 Å². The number of rotatable bonds is 4. The molecule has 2 N–H and O–H groups in total. The van der Waals surface area contributed by atoms with Crippen molar-refractivity contribution < 1.29 is 31.1 Å². The highest BCUT2D eigenvalue weighted by atomic mass is 19.4. The molecule has 1 amide bonds. The Morgan fingerprint density at radius 2 is 1.81 bits per heavy atom. The third-order valence-corrected chi connectivity index (χ3v) is 2.43. The minimum atomic E-state index is -4.55. The molecule has 9 heteroatoms. The van der Waals surface area contributed by atoms with E-state index in [4.69, 9.17) is 0 Å². The maximum Gasteiger partial charge on any atom is 0.416 e. The van der Waals surface area contributed by atoms with Crippen LogP contribution in [0.2, 0.25) is 0 Å². The molecule has 0 aromatic heterocycles. The van der Waals surface area contributed by atoms with Gasteiger partial charge in [0, 0.05) is 5.69 Å². The number of carbonyl (C=O) groups excluding carboxylic acids is 1. The average Bonchev–Trinajstić information content (AvgIpc) is 2.34. The molecule has 0 saturated heterocycles. The minimum Gasteiger partial charge on any atom is -0.374 e. The number of nitrogens with one attached hydrogen (secondary N) is 2. The van der Waals surface area contributed by atoms with Gasteiger partial charge in [-0.2, -0.15) is 26.3 Å². The van der Waals surface area contributed by atoms with Gasteiger partial charge in [-0.1, -0.05) is 6.07 Å². The molecule has 3 nitrogen and oxygen atoms in total. The number of amides is 1. The summed E-state index contributed by atoms with van der Waals surface area (Å²) >= 11 is 0. The molecule has 1 unspecified atom stereocenters. The first kappa shape index (κ1) is 17.1. The van der Waals surface area contributed by atoms with Crippen molar-refractivity contribution in [3.05, 3.63) is 29.8 Å². The van der Waals surface area contributed by atoms with Crippen LogP contribution in [0.25, 0.3) is 0 Å². The van der Waals surface area contributed by atoms with E-state index in [1.807, 2.05) is 0 Å². The molecule has 1 aromatic rings. The summed E-state index contributed by atoms with van der Waals surface area (Å²) in [6.45, 7) is -0.258. The average molecular weight is 314 g/mol. The highest BCUT2D eigenvalue weighted by molar-refractivity contribution is 5.84. The van der Waals surface area contributed by atoms with Crippen molar-refractivity contribution in [1.29, 1.82) is 0 Å². The van der Waals surface area contributed by atoms with Crippen molar-refractivity contribution in [2.75, 3.05) is 11.9 Å². The van der Waals surface area contributed by atoms with Crippen LogP contribution in [0.4, 0.5) is 32.0 Å². The Bertz CT molecular complexity index is 497. The summed E-state index contributed by atoms with van der Waals surface area (Å²) in [6.07, 6.45) is -9.09. The SMILES string of the molecule is CC(Nc1cccc(C(F)(F)F)c1)C(=O)NCC(F)(F)F. The lowest BCUT2D eigenvalue weighted by atomic mass is 10.2. The van der Waals surface area contributed by atoms with Crippen LogP contribution >= 0.6 is 0 Å². The fourth-order valence-corrected chi connectivity index (χ4v) is 1.44. The minimum absolute atomic E-state index is 0.0144. The smallest absolute Gasteiger partial charge is 0.374 e. The van der Waals surface area contributed by atoms with Gasteiger partial charge < -0.3 is 10.6 Å². The summed E-state index contributed by atoms with van der Waals surface area (Å²) in [7, 11) is 0. The zero-order valence-electron chi connectivity index (χ0n) is 10.8. The maximum atomic E-state index is 12.5. The topological polar surface area (TPSA) is 41.1 Å². The van der Waals surface area contributed by atoms with Gasteiger partial charge in [0.1, 0.15) is 12.6 Å². The first-order valence-electron chi connectivity index (χ1n) is 5.77. The van der Waals surface area contributed by atoms with Crippen molar-refractivity contribution in [1.82, 2.24) is 5.32 Å². The molecule has 1 aromatic carbocycles. The van der Waals surface area contributed by atoms with Crippen molar-refractivity contribution >= 4 is 11.6 Å². The van der Waals surface area contributed by atoms with E-state index in [1.165, 1.54) is 13.0 Å². The molecule has 0 aliphatic rings. The van der Waals surface area contributed by atoms with E-state index in [0.717, 1.165) is 18.2 Å². The van der Waals surface area contributed by atoms with Gasteiger partial charge in [0.05, 0.1) is 5.56 Å². The molecular formula is C12H12F6N2O. The zero-order chi connectivity index (χ0) is 16.3. The number of anilines is 1. The maximum absolute atomic E-state index is 12.5. The van der Waals surface area contributed by atoms with Crippen LogP contribution in [-0.2, 0) is 11.0 Å². The second kappa shape index (κ2) is 6.23. The second-order valence-electron chi connectivity index (χ2n) is 4.28. The lowest BCUT2D eigenvalue weighted by Crippen LogP contribution is -2.42. The van der Waals surface area contributed by atoms with Crippen LogP contribution in [0.1, 0.15) is 12.5 Å². The van der Waals surface area contributed by atoms with Gasteiger partial charge in [-0.25, -0.2) is 0 Å². The van der Waals surface area contributed by atoms with Gasteiger partial charge in [0.2, 0.25) is 5.91 Å². The molecule has 1 rings (SSSR count). The van der Waals surface area contributed by atoms with E-state index in [1.54, 1.807) is 5.32 Å². The number of alkyl halides is 6. The first-order valence-corrected chi connectivity index (χ1v) is 5.77. The van der Waals surface area contributed by atoms with Gasteiger partial charge in [0.15, 0.2) is 0 Å². The summed E-state index contributed by atoms with van der Waals surface area (Å²) in [5, 5.41) is 4.05. The number of hydrogen-bond donors (Lipinski definition) is 2. The summed E-state index contributed by atoms with van der Waals surface area (Å²) < 4.78 is 73.2. The Hall–Kier alpha value is -1.93. The molecule has 1 atom stereocenters. The molecule has 0 spiro atoms. The monoisotopic (exact) mass is 314 g/mol. The third kappa shape index (κ3) is 5.92. The van der Waals surface area contributed by atoms with E-state index < -0.39 is 36.4 Å². The van der Waals surface area contributed by atoms with Gasteiger partial charge >= 0.3 is 12.4 Å². The predicted octanol–water partition coefficient (Wildman–Crippen LogP) is 3.18. The molecular weight excluding hydrogens is 302 g/mol. The number of benzene rings is 1. The van der Waals surface area contributed by atoms with Crippen molar-refractivity contribution in [3.8, 4) is 0 Å². The lowest BCUT2D eigenvalue weighted by Gasteiger charge is -2.17.